The van der Waals surface area contributed by atoms with Gasteiger partial charge in [0.2, 0.25) is 11.8 Å². The van der Waals surface area contributed by atoms with Crippen molar-refractivity contribution in [2.24, 2.45) is 11.8 Å². The van der Waals surface area contributed by atoms with E-state index < -0.39 is 19.4 Å². The summed E-state index contributed by atoms with van der Waals surface area (Å²) in [6, 6.07) is 3.35. The number of fused-ring (bicyclic) bond motifs is 1. The van der Waals surface area contributed by atoms with Gasteiger partial charge in [0.1, 0.15) is 5.82 Å². The van der Waals surface area contributed by atoms with E-state index >= 15 is 0 Å². The Kier molecular flexibility index (Phi) is 5.51. The number of carbonyl (C=O) groups is 2. The van der Waals surface area contributed by atoms with Crippen LogP contribution in [0.3, 0.4) is 0 Å². The van der Waals surface area contributed by atoms with Gasteiger partial charge in [0.25, 0.3) is 0 Å². The summed E-state index contributed by atoms with van der Waals surface area (Å²) in [4.78, 5) is 30.9. The monoisotopic (exact) mass is 376 g/mol. The number of anilines is 1. The van der Waals surface area contributed by atoms with E-state index in [1.807, 2.05) is 0 Å². The normalized spacial score (nSPS) is 22.2. The zero-order chi connectivity index (χ0) is 18.7. The first kappa shape index (κ1) is 18.7. The van der Waals surface area contributed by atoms with Crippen molar-refractivity contribution in [1.29, 1.82) is 0 Å². The Morgan fingerprint density at radius 1 is 1.08 bits per heavy atom. The lowest BCUT2D eigenvalue weighted by molar-refractivity contribution is -0.122. The molecule has 1 aromatic rings. The van der Waals surface area contributed by atoms with Crippen LogP contribution >= 0.6 is 7.60 Å². The van der Waals surface area contributed by atoms with Gasteiger partial charge in [-0.3, -0.25) is 14.2 Å². The van der Waals surface area contributed by atoms with Gasteiger partial charge < -0.3 is 9.05 Å². The average Bonchev–Trinajstić information content (AvgIpc) is 2.87. The first-order valence-corrected chi connectivity index (χ1v) is 10.3. The molecule has 26 heavy (non-hydrogen) atoms. The molecule has 2 amide bonds. The highest BCUT2D eigenvalue weighted by Crippen LogP contribution is 2.52. The van der Waals surface area contributed by atoms with Gasteiger partial charge in [0.15, 0.2) is 0 Å². The molecule has 2 atom stereocenters. The second kappa shape index (κ2) is 7.66. The number of allylic oxidation sites excluding steroid dienone is 2. The molecule has 0 N–H and O–H groups in total. The fraction of sp³-hybridized carbons (Fsp3) is 0.389. The summed E-state index contributed by atoms with van der Waals surface area (Å²) in [5.74, 6) is -1.51. The van der Waals surface area contributed by atoms with Gasteiger partial charge in [-0.15, -0.1) is 0 Å². The SMILES string of the molecule is CCOP(=O)(Cc1cccnc1N1C(=O)C2C=CC=CC2C1=O)OCC. The Hall–Kier alpha value is -2.08. The summed E-state index contributed by atoms with van der Waals surface area (Å²) in [5.41, 5.74) is 0.478. The molecular weight excluding hydrogens is 355 g/mol. The van der Waals surface area contributed by atoms with E-state index in [0.717, 1.165) is 4.90 Å². The Morgan fingerprint density at radius 2 is 1.65 bits per heavy atom. The van der Waals surface area contributed by atoms with Crippen molar-refractivity contribution in [2.45, 2.75) is 20.0 Å². The van der Waals surface area contributed by atoms with E-state index in [1.54, 1.807) is 50.3 Å². The minimum absolute atomic E-state index is 0.0596. The molecule has 2 aliphatic rings. The van der Waals surface area contributed by atoms with Gasteiger partial charge in [-0.25, -0.2) is 9.88 Å². The van der Waals surface area contributed by atoms with E-state index in [0.29, 0.717) is 5.56 Å². The molecule has 0 saturated carbocycles. The Morgan fingerprint density at radius 3 is 2.19 bits per heavy atom. The molecule has 1 aliphatic heterocycles. The number of rotatable bonds is 7. The van der Waals surface area contributed by atoms with Gasteiger partial charge in [0.05, 0.1) is 31.2 Å². The second-order valence-corrected chi connectivity index (χ2v) is 7.98. The van der Waals surface area contributed by atoms with Crippen molar-refractivity contribution in [1.82, 2.24) is 4.98 Å². The maximum Gasteiger partial charge on any atom is 0.335 e. The van der Waals surface area contributed by atoms with Gasteiger partial charge in [-0.05, 0) is 19.9 Å². The van der Waals surface area contributed by atoms with Crippen LogP contribution in [0.2, 0.25) is 0 Å². The van der Waals surface area contributed by atoms with Crippen LogP contribution in [0.25, 0.3) is 0 Å². The highest BCUT2D eigenvalue weighted by Gasteiger charge is 2.47. The molecule has 138 valence electrons. The number of hydrogen-bond donors (Lipinski definition) is 0. The zero-order valence-electron chi connectivity index (χ0n) is 14.7. The molecule has 0 radical (unpaired) electrons. The van der Waals surface area contributed by atoms with Crippen LogP contribution in [0.4, 0.5) is 5.82 Å². The second-order valence-electron chi connectivity index (χ2n) is 5.92. The predicted octanol–water partition coefficient (Wildman–Crippen LogP) is 3.08. The molecule has 7 nitrogen and oxygen atoms in total. The average molecular weight is 376 g/mol. The highest BCUT2D eigenvalue weighted by atomic mass is 31.2. The van der Waals surface area contributed by atoms with Crippen molar-refractivity contribution in [2.75, 3.05) is 18.1 Å². The summed E-state index contributed by atoms with van der Waals surface area (Å²) in [6.07, 6.45) is 8.40. The number of amides is 2. The minimum atomic E-state index is -3.40. The molecule has 0 bridgehead atoms. The Labute approximate surface area is 152 Å². The van der Waals surface area contributed by atoms with E-state index in [1.165, 1.54) is 6.20 Å². The molecule has 3 rings (SSSR count). The predicted molar refractivity (Wildman–Crippen MR) is 96.6 cm³/mol. The molecule has 8 heteroatoms. The van der Waals surface area contributed by atoms with Crippen LogP contribution < -0.4 is 4.90 Å². The Balaban J connectivity index is 1.96. The van der Waals surface area contributed by atoms with Gasteiger partial charge in [0, 0.05) is 11.8 Å². The van der Waals surface area contributed by atoms with Gasteiger partial charge >= 0.3 is 7.60 Å². The van der Waals surface area contributed by atoms with Crippen LogP contribution in [-0.4, -0.2) is 30.0 Å². The number of carbonyl (C=O) groups excluding carboxylic acids is 2. The third kappa shape index (κ3) is 3.43. The van der Waals surface area contributed by atoms with Crippen molar-refractivity contribution in [3.05, 3.63) is 48.2 Å². The number of hydrogen-bond acceptors (Lipinski definition) is 6. The molecule has 1 aliphatic carbocycles. The maximum atomic E-state index is 12.9. The van der Waals surface area contributed by atoms with Crippen LogP contribution in [0.5, 0.6) is 0 Å². The van der Waals surface area contributed by atoms with E-state index in [9.17, 15) is 14.2 Å². The Bertz CT molecular complexity index is 780. The summed E-state index contributed by atoms with van der Waals surface area (Å²) in [5, 5.41) is 0. The molecule has 2 heterocycles. The third-order valence-electron chi connectivity index (χ3n) is 4.24. The molecule has 0 aromatic carbocycles. The number of nitrogens with zero attached hydrogens (tertiary/aromatic N) is 2. The number of pyridine rings is 1. The topological polar surface area (TPSA) is 85.8 Å². The lowest BCUT2D eigenvalue weighted by Crippen LogP contribution is -2.32. The molecular formula is C18H21N2O5P. The van der Waals surface area contributed by atoms with Crippen LogP contribution in [-0.2, 0) is 29.4 Å². The van der Waals surface area contributed by atoms with Crippen LogP contribution in [0, 0.1) is 11.8 Å². The van der Waals surface area contributed by atoms with E-state index in [2.05, 4.69) is 4.98 Å². The van der Waals surface area contributed by atoms with Gasteiger partial charge in [-0.1, -0.05) is 30.4 Å². The quantitative estimate of drug-likeness (QED) is 0.537. The number of imide groups is 1. The van der Waals surface area contributed by atoms with Crippen LogP contribution in [0.1, 0.15) is 19.4 Å². The molecule has 1 aromatic heterocycles. The fourth-order valence-corrected chi connectivity index (χ4v) is 4.89. The van der Waals surface area contributed by atoms with E-state index in [4.69, 9.17) is 9.05 Å². The summed E-state index contributed by atoms with van der Waals surface area (Å²) in [7, 11) is -3.40. The van der Waals surface area contributed by atoms with E-state index in [-0.39, 0.29) is 37.0 Å². The molecule has 2 unspecified atom stereocenters. The number of aromatic nitrogens is 1. The summed E-state index contributed by atoms with van der Waals surface area (Å²) in [6.45, 7) is 3.92. The molecule has 1 fully saturated rings. The fourth-order valence-electron chi connectivity index (χ4n) is 3.18. The smallest absolute Gasteiger partial charge is 0.309 e. The largest absolute Gasteiger partial charge is 0.335 e. The zero-order valence-corrected chi connectivity index (χ0v) is 15.6. The van der Waals surface area contributed by atoms with Crippen molar-refractivity contribution >= 4 is 25.2 Å². The lowest BCUT2D eigenvalue weighted by Gasteiger charge is -2.21. The van der Waals surface area contributed by atoms with Gasteiger partial charge in [-0.2, -0.15) is 0 Å². The summed E-state index contributed by atoms with van der Waals surface area (Å²) >= 11 is 0. The lowest BCUT2D eigenvalue weighted by atomic mass is 9.91. The third-order valence-corrected chi connectivity index (χ3v) is 6.27. The van der Waals surface area contributed by atoms with Crippen molar-refractivity contribution < 1.29 is 23.2 Å². The first-order valence-electron chi connectivity index (χ1n) is 8.55. The highest BCUT2D eigenvalue weighted by molar-refractivity contribution is 7.53. The van der Waals surface area contributed by atoms with Crippen molar-refractivity contribution in [3.8, 4) is 0 Å². The summed E-state index contributed by atoms with van der Waals surface area (Å²) < 4.78 is 23.5. The molecule has 1 saturated heterocycles. The van der Waals surface area contributed by atoms with Crippen LogP contribution in [0.15, 0.2) is 42.6 Å². The van der Waals surface area contributed by atoms with Crippen molar-refractivity contribution in [3.63, 3.8) is 0 Å². The first-order chi connectivity index (χ1) is 12.5. The maximum absolute atomic E-state index is 12.9. The molecule has 0 spiro atoms. The standard InChI is InChI=1S/C18H21N2O5P/c1-3-24-26(23,25-4-2)12-13-8-7-11-19-16(13)20-17(21)14-9-5-6-10-15(14)18(20)22/h5-11,14-15H,3-4,12H2,1-2H3. The minimum Gasteiger partial charge on any atom is -0.309 e.